The minimum atomic E-state index is -1.49. The number of benzene rings is 2. The van der Waals surface area contributed by atoms with Gasteiger partial charge in [-0.25, -0.2) is 9.59 Å². The van der Waals surface area contributed by atoms with E-state index in [2.05, 4.69) is 15.3 Å². The number of carboxylic acid groups (broad SMARTS) is 1. The van der Waals surface area contributed by atoms with Gasteiger partial charge in [-0.1, -0.05) is 53.6 Å². The predicted octanol–water partition coefficient (Wildman–Crippen LogP) is 4.45. The average molecular weight is 492 g/mol. The van der Waals surface area contributed by atoms with E-state index in [0.29, 0.717) is 25.8 Å². The molecular formula is C26H29N5O5. The Morgan fingerprint density at radius 1 is 1.06 bits per heavy atom. The fraction of sp³-hybridized carbons (Fsp3) is 0.423. The summed E-state index contributed by atoms with van der Waals surface area (Å²) in [5.74, 6) is -1.34. The molecule has 36 heavy (non-hydrogen) atoms. The van der Waals surface area contributed by atoms with Gasteiger partial charge in [-0.15, -0.1) is 0 Å². The van der Waals surface area contributed by atoms with Crippen molar-refractivity contribution in [1.29, 1.82) is 0 Å². The lowest BCUT2D eigenvalue weighted by molar-refractivity contribution is -0.149. The minimum absolute atomic E-state index is 0.0731. The van der Waals surface area contributed by atoms with Gasteiger partial charge in [0.1, 0.15) is 12.1 Å². The van der Waals surface area contributed by atoms with Gasteiger partial charge in [-0.2, -0.15) is 0 Å². The quantitative estimate of drug-likeness (QED) is 0.230. The van der Waals surface area contributed by atoms with E-state index in [-0.39, 0.29) is 44.4 Å². The van der Waals surface area contributed by atoms with Crippen molar-refractivity contribution in [2.75, 3.05) is 26.2 Å². The predicted molar refractivity (Wildman–Crippen MR) is 132 cm³/mol. The fourth-order valence-corrected chi connectivity index (χ4v) is 5.02. The molecule has 0 radical (unpaired) electrons. The largest absolute Gasteiger partial charge is 0.480 e. The minimum Gasteiger partial charge on any atom is -0.480 e. The highest BCUT2D eigenvalue weighted by Crippen LogP contribution is 2.44. The van der Waals surface area contributed by atoms with Gasteiger partial charge in [-0.3, -0.25) is 4.79 Å². The molecule has 0 atom stereocenters. The molecule has 2 N–H and O–H groups in total. The van der Waals surface area contributed by atoms with Gasteiger partial charge in [-0.05, 0) is 53.5 Å². The van der Waals surface area contributed by atoms with Crippen LogP contribution in [0, 0.1) is 0 Å². The molecule has 1 saturated heterocycles. The van der Waals surface area contributed by atoms with Crippen molar-refractivity contribution in [2.24, 2.45) is 5.11 Å². The highest BCUT2D eigenvalue weighted by Gasteiger charge is 2.44. The molecule has 2 aromatic rings. The van der Waals surface area contributed by atoms with Crippen LogP contribution in [0.3, 0.4) is 0 Å². The van der Waals surface area contributed by atoms with Gasteiger partial charge in [0, 0.05) is 36.9 Å². The van der Waals surface area contributed by atoms with Gasteiger partial charge < -0.3 is 20.1 Å². The Kier molecular flexibility index (Phi) is 7.75. The summed E-state index contributed by atoms with van der Waals surface area (Å²) >= 11 is 0. The van der Waals surface area contributed by atoms with Crippen LogP contribution in [0.4, 0.5) is 4.79 Å². The SMILES string of the molecule is [N-]=[N+]=NCCCCC(=O)N1CCC(NC(=O)OCC2c3ccccc3-c3ccccc32)(C(=O)O)CC1. The van der Waals surface area contributed by atoms with Gasteiger partial charge in [0.05, 0.1) is 0 Å². The van der Waals surface area contributed by atoms with Crippen LogP contribution in [0.1, 0.15) is 49.1 Å². The van der Waals surface area contributed by atoms with E-state index in [0.717, 1.165) is 22.3 Å². The van der Waals surface area contributed by atoms with Crippen molar-refractivity contribution in [2.45, 2.75) is 43.6 Å². The summed E-state index contributed by atoms with van der Waals surface area (Å²) in [6.07, 6.45) is 0.925. The smallest absolute Gasteiger partial charge is 0.408 e. The number of carbonyl (C=O) groups is 3. The maximum absolute atomic E-state index is 12.7. The number of unbranched alkanes of at least 4 members (excludes halogenated alkanes) is 1. The number of fused-ring (bicyclic) bond motifs is 3. The van der Waals surface area contributed by atoms with E-state index in [1.165, 1.54) is 0 Å². The number of piperidine rings is 1. The summed E-state index contributed by atoms with van der Waals surface area (Å²) in [5, 5.41) is 15.9. The molecule has 0 spiro atoms. The Hall–Kier alpha value is -4.04. The van der Waals surface area contributed by atoms with Gasteiger partial charge in [0.2, 0.25) is 5.91 Å². The van der Waals surface area contributed by atoms with E-state index < -0.39 is 17.6 Å². The highest BCUT2D eigenvalue weighted by atomic mass is 16.5. The number of ether oxygens (including phenoxy) is 1. The molecular weight excluding hydrogens is 462 g/mol. The summed E-state index contributed by atoms with van der Waals surface area (Å²) in [6, 6.07) is 16.0. The topological polar surface area (TPSA) is 145 Å². The molecule has 0 aromatic heterocycles. The first-order chi connectivity index (χ1) is 17.4. The molecule has 1 fully saturated rings. The summed E-state index contributed by atoms with van der Waals surface area (Å²) in [6.45, 7) is 0.891. The van der Waals surface area contributed by atoms with E-state index in [1.54, 1.807) is 4.90 Å². The van der Waals surface area contributed by atoms with Crippen LogP contribution in [0.15, 0.2) is 53.6 Å². The first-order valence-corrected chi connectivity index (χ1v) is 12.1. The zero-order valence-corrected chi connectivity index (χ0v) is 19.9. The number of carbonyl (C=O) groups excluding carboxylic acids is 2. The number of rotatable bonds is 9. The zero-order valence-electron chi connectivity index (χ0n) is 19.9. The second-order valence-electron chi connectivity index (χ2n) is 9.13. The van der Waals surface area contributed by atoms with Crippen molar-refractivity contribution in [1.82, 2.24) is 10.2 Å². The van der Waals surface area contributed by atoms with Crippen molar-refractivity contribution in [3.63, 3.8) is 0 Å². The van der Waals surface area contributed by atoms with E-state index in [9.17, 15) is 19.5 Å². The number of likely N-dealkylation sites (tertiary alicyclic amines) is 1. The monoisotopic (exact) mass is 491 g/mol. The van der Waals surface area contributed by atoms with Crippen molar-refractivity contribution >= 4 is 18.0 Å². The Bertz CT molecular complexity index is 1140. The summed E-state index contributed by atoms with van der Waals surface area (Å²) < 4.78 is 5.55. The lowest BCUT2D eigenvalue weighted by Crippen LogP contribution is -2.60. The molecule has 2 aromatic carbocycles. The standard InChI is InChI=1S/C26H29N5O5/c27-30-28-14-6-5-11-23(32)31-15-12-26(13-16-31,24(33)34)29-25(35)36-17-22-20-9-3-1-7-18(20)19-8-2-4-10-21(19)22/h1-4,7-10,22H,5-6,11-17H2,(H,29,35)(H,33,34). The summed E-state index contributed by atoms with van der Waals surface area (Å²) in [5.41, 5.74) is 11.2. The Labute approximate surface area is 208 Å². The molecule has 10 nitrogen and oxygen atoms in total. The maximum Gasteiger partial charge on any atom is 0.408 e. The van der Waals surface area contributed by atoms with Crippen LogP contribution in [0.25, 0.3) is 21.6 Å². The third-order valence-electron chi connectivity index (χ3n) is 7.03. The number of hydrogen-bond acceptors (Lipinski definition) is 5. The average Bonchev–Trinajstić information content (AvgIpc) is 3.21. The van der Waals surface area contributed by atoms with E-state index >= 15 is 0 Å². The lowest BCUT2D eigenvalue weighted by atomic mass is 9.87. The van der Waals surface area contributed by atoms with E-state index in [1.807, 2.05) is 48.5 Å². The van der Waals surface area contributed by atoms with Crippen LogP contribution in [-0.4, -0.2) is 59.8 Å². The summed E-state index contributed by atoms with van der Waals surface area (Å²) in [4.78, 5) is 41.6. The molecule has 1 aliphatic carbocycles. The molecule has 1 aliphatic heterocycles. The molecule has 2 aliphatic rings. The van der Waals surface area contributed by atoms with Crippen LogP contribution < -0.4 is 5.32 Å². The molecule has 0 saturated carbocycles. The molecule has 2 amide bonds. The van der Waals surface area contributed by atoms with Crippen molar-refractivity contribution < 1.29 is 24.2 Å². The van der Waals surface area contributed by atoms with E-state index in [4.69, 9.17) is 10.3 Å². The lowest BCUT2D eigenvalue weighted by Gasteiger charge is -2.39. The maximum atomic E-state index is 12.7. The second-order valence-corrected chi connectivity index (χ2v) is 9.13. The van der Waals surface area contributed by atoms with Gasteiger partial charge in [0.25, 0.3) is 0 Å². The molecule has 1 heterocycles. The normalized spacial score (nSPS) is 15.8. The van der Waals surface area contributed by atoms with Crippen LogP contribution >= 0.6 is 0 Å². The molecule has 10 heteroatoms. The first kappa shape index (κ1) is 25.1. The molecule has 0 bridgehead atoms. The third-order valence-corrected chi connectivity index (χ3v) is 7.03. The van der Waals surface area contributed by atoms with Crippen LogP contribution in [-0.2, 0) is 14.3 Å². The number of nitrogens with one attached hydrogen (secondary N) is 1. The Balaban J connectivity index is 1.33. The fourth-order valence-electron chi connectivity index (χ4n) is 5.02. The number of nitrogens with zero attached hydrogens (tertiary/aromatic N) is 4. The highest BCUT2D eigenvalue weighted by molar-refractivity contribution is 5.85. The number of amides is 2. The zero-order chi connectivity index (χ0) is 25.5. The first-order valence-electron chi connectivity index (χ1n) is 12.1. The number of aliphatic carboxylic acids is 1. The number of carboxylic acids is 1. The van der Waals surface area contributed by atoms with Gasteiger partial charge >= 0.3 is 12.1 Å². The summed E-state index contributed by atoms with van der Waals surface area (Å²) in [7, 11) is 0. The Morgan fingerprint density at radius 3 is 2.25 bits per heavy atom. The third kappa shape index (κ3) is 5.28. The van der Waals surface area contributed by atoms with Gasteiger partial charge in [0.15, 0.2) is 0 Å². The molecule has 0 unspecified atom stereocenters. The number of alkyl carbamates (subject to hydrolysis) is 1. The molecule has 4 rings (SSSR count). The van der Waals surface area contributed by atoms with Crippen molar-refractivity contribution in [3.8, 4) is 11.1 Å². The second kappa shape index (κ2) is 11.1. The van der Waals surface area contributed by atoms with Crippen LogP contribution in [0.5, 0.6) is 0 Å². The number of azide groups is 1. The number of hydrogen-bond donors (Lipinski definition) is 2. The van der Waals surface area contributed by atoms with Crippen LogP contribution in [0.2, 0.25) is 0 Å². The van der Waals surface area contributed by atoms with Crippen molar-refractivity contribution in [3.05, 3.63) is 70.1 Å². The Morgan fingerprint density at radius 2 is 1.67 bits per heavy atom. The molecule has 188 valence electrons.